The van der Waals surface area contributed by atoms with Crippen LogP contribution in [0.25, 0.3) is 0 Å². The Morgan fingerprint density at radius 3 is 2.21 bits per heavy atom. The lowest BCUT2D eigenvalue weighted by molar-refractivity contribution is -0.0156. The molecule has 0 spiro atoms. The highest BCUT2D eigenvalue weighted by atomic mass is 28.4. The molecular formula is C17H25F3O3Si. The first kappa shape index (κ1) is 19.4. The van der Waals surface area contributed by atoms with Crippen LogP contribution in [-0.2, 0) is 20.0 Å². The number of methoxy groups -OCH3 is 1. The van der Waals surface area contributed by atoms with E-state index in [1.807, 2.05) is 0 Å². The third kappa shape index (κ3) is 3.54. The standard InChI is InChI=1S/C17H25F3O3Si/c1-21-17(8-4-5-10-24(17,22-2)23-3)9-6-7-13-11-14(18)16(20)15(19)12-13/h11-12H,4-10H2,1-3H3. The molecule has 1 aromatic rings. The smallest absolute Gasteiger partial charge is 0.370 e. The molecule has 2 rings (SSSR count). The first-order valence-corrected chi connectivity index (χ1v) is 10.2. The quantitative estimate of drug-likeness (QED) is 0.535. The van der Waals surface area contributed by atoms with Gasteiger partial charge >= 0.3 is 8.56 Å². The van der Waals surface area contributed by atoms with Gasteiger partial charge in [0, 0.05) is 21.3 Å². The fraction of sp³-hybridized carbons (Fsp3) is 0.647. The van der Waals surface area contributed by atoms with Crippen molar-refractivity contribution in [1.29, 1.82) is 0 Å². The molecule has 1 aliphatic heterocycles. The van der Waals surface area contributed by atoms with Crippen molar-refractivity contribution in [1.82, 2.24) is 0 Å². The van der Waals surface area contributed by atoms with Crippen molar-refractivity contribution in [2.24, 2.45) is 0 Å². The molecule has 0 amide bonds. The molecule has 0 N–H and O–H groups in total. The van der Waals surface area contributed by atoms with Crippen LogP contribution in [0.2, 0.25) is 6.04 Å². The summed E-state index contributed by atoms with van der Waals surface area (Å²) in [5.41, 5.74) is 0.440. The number of hydrogen-bond donors (Lipinski definition) is 0. The van der Waals surface area contributed by atoms with Crippen molar-refractivity contribution in [2.45, 2.75) is 49.8 Å². The highest BCUT2D eigenvalue weighted by Gasteiger charge is 2.58. The third-order valence-corrected chi connectivity index (χ3v) is 9.59. The van der Waals surface area contributed by atoms with E-state index in [1.165, 1.54) is 0 Å². The molecule has 1 fully saturated rings. The van der Waals surface area contributed by atoms with Gasteiger partial charge in [-0.1, -0.05) is 12.8 Å². The number of benzene rings is 1. The lowest BCUT2D eigenvalue weighted by Crippen LogP contribution is -2.64. The van der Waals surface area contributed by atoms with Crippen LogP contribution in [0.4, 0.5) is 13.2 Å². The summed E-state index contributed by atoms with van der Waals surface area (Å²) < 4.78 is 57.2. The van der Waals surface area contributed by atoms with E-state index in [-0.39, 0.29) is 0 Å². The number of ether oxygens (including phenoxy) is 1. The lowest BCUT2D eigenvalue weighted by Gasteiger charge is -2.48. The van der Waals surface area contributed by atoms with E-state index in [9.17, 15) is 13.2 Å². The predicted molar refractivity (Wildman–Crippen MR) is 87.4 cm³/mol. The summed E-state index contributed by atoms with van der Waals surface area (Å²) in [7, 11) is 2.49. The summed E-state index contributed by atoms with van der Waals surface area (Å²) in [6.07, 6.45) is 4.71. The van der Waals surface area contributed by atoms with Crippen LogP contribution >= 0.6 is 0 Å². The molecule has 7 heteroatoms. The second kappa shape index (κ2) is 7.99. The van der Waals surface area contributed by atoms with Crippen LogP contribution in [0.5, 0.6) is 0 Å². The van der Waals surface area contributed by atoms with Crippen LogP contribution in [0.3, 0.4) is 0 Å². The van der Waals surface area contributed by atoms with Gasteiger partial charge in [0.05, 0.1) is 0 Å². The molecule has 1 unspecified atom stereocenters. The highest BCUT2D eigenvalue weighted by molar-refractivity contribution is 6.70. The van der Waals surface area contributed by atoms with Gasteiger partial charge < -0.3 is 13.6 Å². The Balaban J connectivity index is 2.10. The molecule has 1 aliphatic rings. The van der Waals surface area contributed by atoms with E-state index in [1.54, 1.807) is 21.3 Å². The molecule has 1 atom stereocenters. The maximum atomic E-state index is 13.3. The van der Waals surface area contributed by atoms with Gasteiger partial charge in [-0.05, 0) is 49.4 Å². The zero-order chi connectivity index (χ0) is 17.8. The van der Waals surface area contributed by atoms with Crippen LogP contribution in [0, 0.1) is 17.5 Å². The number of rotatable bonds is 7. The van der Waals surface area contributed by atoms with Crippen molar-refractivity contribution in [3.05, 3.63) is 35.1 Å². The Morgan fingerprint density at radius 2 is 1.67 bits per heavy atom. The zero-order valence-corrected chi connectivity index (χ0v) is 15.5. The summed E-state index contributed by atoms with van der Waals surface area (Å²) >= 11 is 0. The van der Waals surface area contributed by atoms with Crippen LogP contribution in [-0.4, -0.2) is 35.1 Å². The molecule has 24 heavy (non-hydrogen) atoms. The zero-order valence-electron chi connectivity index (χ0n) is 14.5. The minimum atomic E-state index is -2.51. The third-order valence-electron chi connectivity index (χ3n) is 5.17. The van der Waals surface area contributed by atoms with Crippen molar-refractivity contribution in [2.75, 3.05) is 21.3 Å². The van der Waals surface area contributed by atoms with Crippen molar-refractivity contribution in [3.63, 3.8) is 0 Å². The van der Waals surface area contributed by atoms with Crippen molar-refractivity contribution in [3.8, 4) is 0 Å². The lowest BCUT2D eigenvalue weighted by atomic mass is 10.0. The van der Waals surface area contributed by atoms with E-state index in [0.29, 0.717) is 24.8 Å². The summed E-state index contributed by atoms with van der Waals surface area (Å²) in [4.78, 5) is 0. The van der Waals surface area contributed by atoms with E-state index < -0.39 is 31.2 Å². The van der Waals surface area contributed by atoms with E-state index in [0.717, 1.165) is 37.4 Å². The normalized spacial score (nSPS) is 23.4. The first-order chi connectivity index (χ1) is 11.4. The molecule has 0 aromatic heterocycles. The Hall–Kier alpha value is -0.893. The Labute approximate surface area is 142 Å². The van der Waals surface area contributed by atoms with E-state index in [2.05, 4.69) is 0 Å². The average molecular weight is 362 g/mol. The van der Waals surface area contributed by atoms with Crippen molar-refractivity contribution >= 4 is 8.56 Å². The van der Waals surface area contributed by atoms with E-state index >= 15 is 0 Å². The fourth-order valence-electron chi connectivity index (χ4n) is 3.85. The van der Waals surface area contributed by atoms with E-state index in [4.69, 9.17) is 13.6 Å². The number of aryl methyl sites for hydroxylation is 1. The van der Waals surface area contributed by atoms with Gasteiger partial charge in [0.1, 0.15) is 5.22 Å². The van der Waals surface area contributed by atoms with Gasteiger partial charge in [0.2, 0.25) is 0 Å². The fourth-order valence-corrected chi connectivity index (χ4v) is 7.77. The SMILES string of the molecule is COC1(CCCc2cc(F)c(F)c(F)c2)CCCC[Si]1(OC)OC. The first-order valence-electron chi connectivity index (χ1n) is 8.22. The topological polar surface area (TPSA) is 27.7 Å². The van der Waals surface area contributed by atoms with Gasteiger partial charge in [-0.3, -0.25) is 0 Å². The molecule has 1 aromatic carbocycles. The second-order valence-corrected chi connectivity index (χ2v) is 10.0. The van der Waals surface area contributed by atoms with Gasteiger partial charge in [-0.25, -0.2) is 13.2 Å². The monoisotopic (exact) mass is 362 g/mol. The van der Waals surface area contributed by atoms with Crippen LogP contribution in [0.1, 0.15) is 37.7 Å². The summed E-state index contributed by atoms with van der Waals surface area (Å²) in [5, 5.41) is -0.466. The predicted octanol–water partition coefficient (Wildman–Crippen LogP) is 4.27. The molecule has 1 heterocycles. The molecule has 3 nitrogen and oxygen atoms in total. The van der Waals surface area contributed by atoms with Crippen molar-refractivity contribution < 1.29 is 26.8 Å². The average Bonchev–Trinajstić information content (AvgIpc) is 2.60. The largest absolute Gasteiger partial charge is 0.396 e. The molecule has 0 saturated carbocycles. The molecular weight excluding hydrogens is 337 g/mol. The molecule has 0 aliphatic carbocycles. The van der Waals surface area contributed by atoms with Gasteiger partial charge in [0.15, 0.2) is 17.5 Å². The molecule has 136 valence electrons. The minimum absolute atomic E-state index is 0.440. The summed E-state index contributed by atoms with van der Waals surface area (Å²) in [5.74, 6) is -3.73. The number of halogens is 3. The summed E-state index contributed by atoms with van der Waals surface area (Å²) in [6, 6.07) is 2.97. The number of hydrogen-bond acceptors (Lipinski definition) is 3. The van der Waals surface area contributed by atoms with Crippen LogP contribution < -0.4 is 0 Å². The maximum absolute atomic E-state index is 13.3. The molecule has 1 saturated heterocycles. The Morgan fingerprint density at radius 1 is 1.04 bits per heavy atom. The Kier molecular flexibility index (Phi) is 6.47. The van der Waals surface area contributed by atoms with Gasteiger partial charge in [-0.15, -0.1) is 0 Å². The van der Waals surface area contributed by atoms with Gasteiger partial charge in [0.25, 0.3) is 0 Å². The maximum Gasteiger partial charge on any atom is 0.370 e. The Bertz CT molecular complexity index is 543. The molecule has 0 radical (unpaired) electrons. The van der Waals surface area contributed by atoms with Gasteiger partial charge in [-0.2, -0.15) is 0 Å². The summed E-state index contributed by atoms with van der Waals surface area (Å²) in [6.45, 7) is 0. The second-order valence-electron chi connectivity index (χ2n) is 6.29. The molecule has 0 bridgehead atoms. The van der Waals surface area contributed by atoms with Crippen LogP contribution in [0.15, 0.2) is 12.1 Å². The highest BCUT2D eigenvalue weighted by Crippen LogP contribution is 2.43. The minimum Gasteiger partial charge on any atom is -0.396 e.